The Morgan fingerprint density at radius 3 is 2.84 bits per heavy atom. The summed E-state index contributed by atoms with van der Waals surface area (Å²) in [5.41, 5.74) is 4.93. The van der Waals surface area contributed by atoms with Crippen LogP contribution in [0, 0.1) is 0 Å². The molecule has 1 atom stereocenters. The van der Waals surface area contributed by atoms with Crippen molar-refractivity contribution in [1.29, 1.82) is 0 Å². The van der Waals surface area contributed by atoms with Crippen LogP contribution in [-0.2, 0) is 6.42 Å². The van der Waals surface area contributed by atoms with Crippen LogP contribution >= 0.6 is 11.3 Å². The minimum Gasteiger partial charge on any atom is -0.328 e. The second-order valence-corrected chi connectivity index (χ2v) is 5.89. The smallest absolute Gasteiger partial charge is 0.328 e. The van der Waals surface area contributed by atoms with Crippen molar-refractivity contribution < 1.29 is 0 Å². The average Bonchev–Trinajstić information content (AvgIpc) is 2.79. The number of nitrogens with two attached hydrogens (primary N) is 1. The van der Waals surface area contributed by atoms with Gasteiger partial charge in [0.2, 0.25) is 0 Å². The number of nitrogens with one attached hydrogen (secondary N) is 1. The van der Waals surface area contributed by atoms with Gasteiger partial charge in [-0.25, -0.2) is 4.79 Å². The highest BCUT2D eigenvalue weighted by molar-refractivity contribution is 7.18. The molecular weight excluding hydrogens is 262 g/mol. The van der Waals surface area contributed by atoms with Gasteiger partial charge in [-0.1, -0.05) is 13.3 Å². The zero-order chi connectivity index (χ0) is 14.0. The Kier molecular flexibility index (Phi) is 4.21. The van der Waals surface area contributed by atoms with E-state index in [4.69, 9.17) is 5.73 Å². The van der Waals surface area contributed by atoms with Crippen molar-refractivity contribution in [3.8, 4) is 0 Å². The Balaban J connectivity index is 2.57. The fourth-order valence-corrected chi connectivity index (χ4v) is 3.13. The van der Waals surface area contributed by atoms with E-state index < -0.39 is 0 Å². The molecule has 0 spiro atoms. The zero-order valence-corrected chi connectivity index (χ0v) is 12.0. The molecule has 104 valence electrons. The van der Waals surface area contributed by atoms with Crippen LogP contribution in [-0.4, -0.2) is 16.1 Å². The lowest BCUT2D eigenvalue weighted by Gasteiger charge is -2.10. The Morgan fingerprint density at radius 1 is 1.47 bits per heavy atom. The summed E-state index contributed by atoms with van der Waals surface area (Å²) in [4.78, 5) is 28.9. The van der Waals surface area contributed by atoms with E-state index in [-0.39, 0.29) is 23.8 Å². The zero-order valence-electron chi connectivity index (χ0n) is 11.2. The monoisotopic (exact) mass is 281 g/mol. The molecule has 2 aromatic rings. The fraction of sp³-hybridized carbons (Fsp3) is 0.538. The second kappa shape index (κ2) is 5.71. The van der Waals surface area contributed by atoms with Gasteiger partial charge in [0.05, 0.1) is 11.4 Å². The fourth-order valence-electron chi connectivity index (χ4n) is 2.05. The van der Waals surface area contributed by atoms with Crippen LogP contribution in [0.3, 0.4) is 0 Å². The molecule has 0 aromatic carbocycles. The highest BCUT2D eigenvalue weighted by atomic mass is 32.1. The number of aryl methyl sites for hydroxylation is 1. The molecule has 2 aromatic heterocycles. The number of unbranched alkanes of at least 4 members (excludes halogenated alkanes) is 1. The summed E-state index contributed by atoms with van der Waals surface area (Å²) < 4.78 is 1.21. The minimum atomic E-state index is -0.376. The van der Waals surface area contributed by atoms with E-state index in [1.54, 1.807) is 6.92 Å². The first-order valence-electron chi connectivity index (χ1n) is 6.55. The van der Waals surface area contributed by atoms with Crippen LogP contribution in [0.15, 0.2) is 15.7 Å². The van der Waals surface area contributed by atoms with Crippen LogP contribution in [0.4, 0.5) is 0 Å². The lowest BCUT2D eigenvalue weighted by Crippen LogP contribution is -2.39. The summed E-state index contributed by atoms with van der Waals surface area (Å²) in [5, 5.41) is 0.594. The van der Waals surface area contributed by atoms with Crippen LogP contribution in [0.5, 0.6) is 0 Å². The number of rotatable bonds is 5. The third-order valence-electron chi connectivity index (χ3n) is 3.23. The molecule has 0 fully saturated rings. The Labute approximate surface area is 115 Å². The molecule has 1 unspecified atom stereocenters. The number of nitrogens with zero attached hydrogens (tertiary/aromatic N) is 1. The first kappa shape index (κ1) is 14.0. The molecule has 0 aliphatic carbocycles. The van der Waals surface area contributed by atoms with Crippen molar-refractivity contribution in [2.45, 2.75) is 39.2 Å². The number of hydrogen-bond acceptors (Lipinski definition) is 4. The van der Waals surface area contributed by atoms with E-state index in [1.165, 1.54) is 15.9 Å². The van der Waals surface area contributed by atoms with Crippen molar-refractivity contribution in [1.82, 2.24) is 9.55 Å². The first-order valence-corrected chi connectivity index (χ1v) is 7.37. The largest absolute Gasteiger partial charge is 0.329 e. The lowest BCUT2D eigenvalue weighted by atomic mass is 10.2. The third kappa shape index (κ3) is 2.64. The number of hydrogen-bond donors (Lipinski definition) is 2. The van der Waals surface area contributed by atoms with Gasteiger partial charge in [0, 0.05) is 11.4 Å². The van der Waals surface area contributed by atoms with Gasteiger partial charge in [-0.3, -0.25) is 14.3 Å². The van der Waals surface area contributed by atoms with Gasteiger partial charge in [-0.05, 0) is 25.8 Å². The molecule has 2 rings (SSSR count). The summed E-state index contributed by atoms with van der Waals surface area (Å²) in [6.45, 7) is 4.17. The van der Waals surface area contributed by atoms with Crippen LogP contribution in [0.1, 0.15) is 37.6 Å². The summed E-state index contributed by atoms with van der Waals surface area (Å²) in [7, 11) is 0. The van der Waals surface area contributed by atoms with Crippen molar-refractivity contribution >= 4 is 21.6 Å². The molecule has 0 saturated heterocycles. The SMILES string of the molecule is CCCCc1cc2c(=O)n(C(C)CN)c(=O)[nH]c2s1. The minimum absolute atomic E-state index is 0.240. The summed E-state index contributed by atoms with van der Waals surface area (Å²) in [6, 6.07) is 1.60. The molecule has 5 nitrogen and oxygen atoms in total. The molecule has 0 aliphatic heterocycles. The van der Waals surface area contributed by atoms with Crippen molar-refractivity contribution in [2.24, 2.45) is 5.73 Å². The van der Waals surface area contributed by atoms with Crippen LogP contribution < -0.4 is 17.0 Å². The number of thiophene rings is 1. The second-order valence-electron chi connectivity index (χ2n) is 4.75. The van der Waals surface area contributed by atoms with Gasteiger partial charge in [-0.2, -0.15) is 0 Å². The Hall–Kier alpha value is -1.40. The summed E-state index contributed by atoms with van der Waals surface area (Å²) >= 11 is 1.49. The predicted molar refractivity (Wildman–Crippen MR) is 79.1 cm³/mol. The Bertz CT molecular complexity index is 683. The van der Waals surface area contributed by atoms with Gasteiger partial charge in [0.25, 0.3) is 5.56 Å². The molecule has 0 saturated carbocycles. The molecule has 19 heavy (non-hydrogen) atoms. The normalized spacial score (nSPS) is 13.0. The van der Waals surface area contributed by atoms with Gasteiger partial charge in [-0.15, -0.1) is 11.3 Å². The number of aromatic amines is 1. The van der Waals surface area contributed by atoms with E-state index in [0.717, 1.165) is 24.1 Å². The van der Waals surface area contributed by atoms with E-state index in [2.05, 4.69) is 11.9 Å². The quantitative estimate of drug-likeness (QED) is 0.873. The highest BCUT2D eigenvalue weighted by Crippen LogP contribution is 2.22. The van der Waals surface area contributed by atoms with E-state index in [0.29, 0.717) is 10.2 Å². The van der Waals surface area contributed by atoms with Gasteiger partial charge in [0.1, 0.15) is 4.83 Å². The van der Waals surface area contributed by atoms with Gasteiger partial charge in [0.15, 0.2) is 0 Å². The first-order chi connectivity index (χ1) is 9.08. The highest BCUT2D eigenvalue weighted by Gasteiger charge is 2.14. The van der Waals surface area contributed by atoms with Crippen LogP contribution in [0.25, 0.3) is 10.2 Å². The van der Waals surface area contributed by atoms with E-state index in [1.807, 2.05) is 6.07 Å². The average molecular weight is 281 g/mol. The van der Waals surface area contributed by atoms with Crippen molar-refractivity contribution in [3.05, 3.63) is 31.8 Å². The summed E-state index contributed by atoms with van der Waals surface area (Å²) in [5.74, 6) is 0. The van der Waals surface area contributed by atoms with E-state index >= 15 is 0 Å². The van der Waals surface area contributed by atoms with Crippen LogP contribution in [0.2, 0.25) is 0 Å². The van der Waals surface area contributed by atoms with Gasteiger partial charge >= 0.3 is 5.69 Å². The maximum Gasteiger partial charge on any atom is 0.329 e. The molecule has 0 amide bonds. The summed E-state index contributed by atoms with van der Waals surface area (Å²) in [6.07, 6.45) is 3.15. The molecule has 6 heteroatoms. The number of fused-ring (bicyclic) bond motifs is 1. The lowest BCUT2D eigenvalue weighted by molar-refractivity contribution is 0.518. The molecule has 0 aliphatic rings. The number of H-pyrrole nitrogens is 1. The molecular formula is C13H19N3O2S. The molecule has 0 bridgehead atoms. The van der Waals surface area contributed by atoms with Crippen molar-refractivity contribution in [3.63, 3.8) is 0 Å². The van der Waals surface area contributed by atoms with Crippen molar-refractivity contribution in [2.75, 3.05) is 6.54 Å². The maximum absolute atomic E-state index is 12.3. The predicted octanol–water partition coefficient (Wildman–Crippen LogP) is 1.61. The molecule has 3 N–H and O–H groups in total. The standard InChI is InChI=1S/C13H19N3O2S/c1-3-4-5-9-6-10-11(19-9)15-13(18)16(12(10)17)8(2)7-14/h6,8H,3-5,7,14H2,1-2H3,(H,15,18). The molecule has 2 heterocycles. The Morgan fingerprint density at radius 2 is 2.21 bits per heavy atom. The van der Waals surface area contributed by atoms with E-state index in [9.17, 15) is 9.59 Å². The third-order valence-corrected chi connectivity index (χ3v) is 4.34. The number of aromatic nitrogens is 2. The maximum atomic E-state index is 12.3. The van der Waals surface area contributed by atoms with Gasteiger partial charge < -0.3 is 5.73 Å². The topological polar surface area (TPSA) is 80.9 Å². The molecule has 0 radical (unpaired) electrons.